The van der Waals surface area contributed by atoms with Gasteiger partial charge >= 0.3 is 0 Å². The predicted octanol–water partition coefficient (Wildman–Crippen LogP) is 4.39. The smallest absolute Gasteiger partial charge is 0.270 e. The number of ketones is 1. The summed E-state index contributed by atoms with van der Waals surface area (Å²) in [5, 5.41) is 13.8. The van der Waals surface area contributed by atoms with Crippen LogP contribution in [-0.4, -0.2) is 16.6 Å². The number of nitrogens with one attached hydrogen (secondary N) is 1. The second kappa shape index (κ2) is 7.61. The Balaban J connectivity index is 2.00. The number of amides is 1. The van der Waals surface area contributed by atoms with Gasteiger partial charge in [0.15, 0.2) is 5.78 Å². The number of anilines is 1. The van der Waals surface area contributed by atoms with Crippen molar-refractivity contribution >= 4 is 23.1 Å². The monoisotopic (exact) mass is 360 g/mol. The van der Waals surface area contributed by atoms with E-state index in [0.717, 1.165) is 5.56 Å². The molecule has 3 aromatic rings. The third kappa shape index (κ3) is 4.07. The van der Waals surface area contributed by atoms with Crippen molar-refractivity contribution in [3.63, 3.8) is 0 Å². The molecule has 0 saturated heterocycles. The van der Waals surface area contributed by atoms with Crippen LogP contribution in [0.3, 0.4) is 0 Å². The lowest BCUT2D eigenvalue weighted by Gasteiger charge is -2.11. The first-order valence-corrected chi connectivity index (χ1v) is 8.22. The van der Waals surface area contributed by atoms with Gasteiger partial charge in [-0.25, -0.2) is 0 Å². The SMILES string of the molecule is Cc1cccc(C(=O)Nc2ccc([N+](=O)[O-])cc2C(=O)c2ccccc2)c1. The molecular formula is C21H16N2O4. The summed E-state index contributed by atoms with van der Waals surface area (Å²) in [6.07, 6.45) is 0. The summed E-state index contributed by atoms with van der Waals surface area (Å²) in [5.41, 5.74) is 1.81. The van der Waals surface area contributed by atoms with E-state index in [4.69, 9.17) is 0 Å². The van der Waals surface area contributed by atoms with E-state index in [1.54, 1.807) is 48.5 Å². The van der Waals surface area contributed by atoms with Crippen LogP contribution in [0.2, 0.25) is 0 Å². The van der Waals surface area contributed by atoms with Gasteiger partial charge in [0.1, 0.15) is 0 Å². The van der Waals surface area contributed by atoms with Crippen molar-refractivity contribution in [3.8, 4) is 0 Å². The van der Waals surface area contributed by atoms with Gasteiger partial charge in [0, 0.05) is 23.3 Å². The molecule has 0 radical (unpaired) electrons. The molecule has 6 heteroatoms. The highest BCUT2D eigenvalue weighted by molar-refractivity contribution is 6.15. The predicted molar refractivity (Wildman–Crippen MR) is 102 cm³/mol. The van der Waals surface area contributed by atoms with Gasteiger partial charge in [-0.05, 0) is 25.1 Å². The number of aryl methyl sites for hydroxylation is 1. The van der Waals surface area contributed by atoms with Gasteiger partial charge in [0.2, 0.25) is 0 Å². The van der Waals surface area contributed by atoms with Crippen LogP contribution in [0.4, 0.5) is 11.4 Å². The Hall–Kier alpha value is -3.80. The van der Waals surface area contributed by atoms with Crippen molar-refractivity contribution < 1.29 is 14.5 Å². The molecule has 27 heavy (non-hydrogen) atoms. The van der Waals surface area contributed by atoms with E-state index >= 15 is 0 Å². The summed E-state index contributed by atoms with van der Waals surface area (Å²) < 4.78 is 0. The molecule has 6 nitrogen and oxygen atoms in total. The largest absolute Gasteiger partial charge is 0.321 e. The van der Waals surface area contributed by atoms with E-state index in [1.807, 2.05) is 13.0 Å². The number of carbonyl (C=O) groups excluding carboxylic acids is 2. The second-order valence-corrected chi connectivity index (χ2v) is 6.01. The maximum Gasteiger partial charge on any atom is 0.270 e. The van der Waals surface area contributed by atoms with Crippen molar-refractivity contribution in [2.75, 3.05) is 5.32 Å². The second-order valence-electron chi connectivity index (χ2n) is 6.01. The number of carbonyl (C=O) groups is 2. The maximum atomic E-state index is 12.8. The fourth-order valence-electron chi connectivity index (χ4n) is 2.67. The summed E-state index contributed by atoms with van der Waals surface area (Å²) in [6.45, 7) is 1.87. The number of hydrogen-bond donors (Lipinski definition) is 1. The minimum absolute atomic E-state index is 0.0661. The zero-order valence-corrected chi connectivity index (χ0v) is 14.5. The van der Waals surface area contributed by atoms with Crippen LogP contribution in [0.25, 0.3) is 0 Å². The van der Waals surface area contributed by atoms with Gasteiger partial charge < -0.3 is 5.32 Å². The highest BCUT2D eigenvalue weighted by atomic mass is 16.6. The van der Waals surface area contributed by atoms with Crippen LogP contribution < -0.4 is 5.32 Å². The third-order valence-electron chi connectivity index (χ3n) is 4.02. The lowest BCUT2D eigenvalue weighted by atomic mass is 10.0. The van der Waals surface area contributed by atoms with E-state index in [-0.39, 0.29) is 16.9 Å². The molecule has 0 unspecified atom stereocenters. The molecule has 0 fully saturated rings. The summed E-state index contributed by atoms with van der Waals surface area (Å²) in [5.74, 6) is -0.798. The molecule has 0 aliphatic heterocycles. The number of nitrogens with zero attached hydrogens (tertiary/aromatic N) is 1. The standard InChI is InChI=1S/C21H16N2O4/c1-14-6-5-9-16(12-14)21(25)22-19-11-10-17(23(26)27)13-18(19)20(24)15-7-3-2-4-8-15/h2-13H,1H3,(H,22,25). The van der Waals surface area contributed by atoms with Crippen LogP contribution in [-0.2, 0) is 0 Å². The number of benzene rings is 3. The molecule has 0 spiro atoms. The van der Waals surface area contributed by atoms with Crippen LogP contribution in [0.15, 0.2) is 72.8 Å². The molecule has 0 bridgehead atoms. The molecule has 0 saturated carbocycles. The molecule has 0 aliphatic rings. The Labute approximate surface area is 155 Å². The number of hydrogen-bond acceptors (Lipinski definition) is 4. The number of rotatable bonds is 5. The first kappa shape index (κ1) is 18.0. The van der Waals surface area contributed by atoms with Crippen molar-refractivity contribution in [1.29, 1.82) is 0 Å². The molecule has 134 valence electrons. The maximum absolute atomic E-state index is 12.8. The molecule has 3 aromatic carbocycles. The van der Waals surface area contributed by atoms with Crippen LogP contribution in [0.1, 0.15) is 31.8 Å². The summed E-state index contributed by atoms with van der Waals surface area (Å²) >= 11 is 0. The van der Waals surface area contributed by atoms with Gasteiger partial charge in [-0.2, -0.15) is 0 Å². The summed E-state index contributed by atoms with van der Waals surface area (Å²) in [6, 6.07) is 19.2. The summed E-state index contributed by atoms with van der Waals surface area (Å²) in [7, 11) is 0. The molecular weight excluding hydrogens is 344 g/mol. The molecule has 1 amide bonds. The minimum atomic E-state index is -0.575. The van der Waals surface area contributed by atoms with Gasteiger partial charge in [-0.1, -0.05) is 48.0 Å². The fourth-order valence-corrected chi connectivity index (χ4v) is 2.67. The summed E-state index contributed by atoms with van der Waals surface area (Å²) in [4.78, 5) is 35.9. The highest BCUT2D eigenvalue weighted by Crippen LogP contribution is 2.25. The zero-order chi connectivity index (χ0) is 19.4. The molecule has 0 aliphatic carbocycles. The van der Waals surface area contributed by atoms with E-state index in [0.29, 0.717) is 11.1 Å². The average molecular weight is 360 g/mol. The lowest BCUT2D eigenvalue weighted by Crippen LogP contribution is -2.15. The van der Waals surface area contributed by atoms with E-state index in [2.05, 4.69) is 5.32 Å². The minimum Gasteiger partial charge on any atom is -0.321 e. The normalized spacial score (nSPS) is 10.3. The number of non-ortho nitro benzene ring substituents is 1. The Kier molecular flexibility index (Phi) is 5.08. The lowest BCUT2D eigenvalue weighted by molar-refractivity contribution is -0.384. The fraction of sp³-hybridized carbons (Fsp3) is 0.0476. The van der Waals surface area contributed by atoms with Crippen molar-refractivity contribution in [1.82, 2.24) is 0 Å². The van der Waals surface area contributed by atoms with E-state index in [1.165, 1.54) is 18.2 Å². The molecule has 1 N–H and O–H groups in total. The first-order valence-electron chi connectivity index (χ1n) is 8.22. The number of nitro benzene ring substituents is 1. The Morgan fingerprint density at radius 1 is 0.889 bits per heavy atom. The van der Waals surface area contributed by atoms with Gasteiger partial charge in [0.25, 0.3) is 11.6 Å². The molecule has 0 atom stereocenters. The van der Waals surface area contributed by atoms with E-state index in [9.17, 15) is 19.7 Å². The molecule has 3 rings (SSSR count). The van der Waals surface area contributed by atoms with Crippen LogP contribution in [0, 0.1) is 17.0 Å². The topological polar surface area (TPSA) is 89.3 Å². The van der Waals surface area contributed by atoms with E-state index < -0.39 is 16.6 Å². The average Bonchev–Trinajstić information content (AvgIpc) is 2.68. The highest BCUT2D eigenvalue weighted by Gasteiger charge is 2.20. The zero-order valence-electron chi connectivity index (χ0n) is 14.5. The first-order chi connectivity index (χ1) is 13.0. The van der Waals surface area contributed by atoms with Gasteiger partial charge in [-0.15, -0.1) is 0 Å². The molecule has 0 heterocycles. The third-order valence-corrected chi connectivity index (χ3v) is 4.02. The number of nitro groups is 1. The van der Waals surface area contributed by atoms with Crippen LogP contribution >= 0.6 is 0 Å². The van der Waals surface area contributed by atoms with Crippen molar-refractivity contribution in [3.05, 3.63) is 105 Å². The van der Waals surface area contributed by atoms with Gasteiger partial charge in [0.05, 0.1) is 16.2 Å². The van der Waals surface area contributed by atoms with Gasteiger partial charge in [-0.3, -0.25) is 19.7 Å². The van der Waals surface area contributed by atoms with Crippen molar-refractivity contribution in [2.24, 2.45) is 0 Å². The Morgan fingerprint density at radius 3 is 2.26 bits per heavy atom. The Morgan fingerprint density at radius 2 is 1.59 bits per heavy atom. The van der Waals surface area contributed by atoms with Crippen LogP contribution in [0.5, 0.6) is 0 Å². The Bertz CT molecular complexity index is 1030. The quantitative estimate of drug-likeness (QED) is 0.415. The van der Waals surface area contributed by atoms with Crippen molar-refractivity contribution in [2.45, 2.75) is 6.92 Å². The molecule has 0 aromatic heterocycles.